The molecule has 0 saturated heterocycles. The first-order valence-electron chi connectivity index (χ1n) is 6.44. The van der Waals surface area contributed by atoms with Crippen LogP contribution in [0.3, 0.4) is 0 Å². The Morgan fingerprint density at radius 1 is 1.33 bits per heavy atom. The van der Waals surface area contributed by atoms with Gasteiger partial charge in [-0.3, -0.25) is 0 Å². The van der Waals surface area contributed by atoms with Crippen LogP contribution in [0.1, 0.15) is 47.0 Å². The zero-order valence-electron chi connectivity index (χ0n) is 12.1. The first kappa shape index (κ1) is 15.2. The molecule has 5 nitrogen and oxygen atoms in total. The molecule has 1 saturated carbocycles. The van der Waals surface area contributed by atoms with E-state index in [-0.39, 0.29) is 0 Å². The summed E-state index contributed by atoms with van der Waals surface area (Å²) in [6, 6.07) is 0. The lowest BCUT2D eigenvalue weighted by Crippen LogP contribution is -2.70. The molecule has 0 aromatic carbocycles. The van der Waals surface area contributed by atoms with E-state index in [0.717, 1.165) is 19.3 Å². The first-order valence-corrected chi connectivity index (χ1v) is 6.44. The van der Waals surface area contributed by atoms with Crippen LogP contribution in [-0.2, 0) is 9.47 Å². The topological polar surface area (TPSA) is 73.6 Å². The fourth-order valence-corrected chi connectivity index (χ4v) is 2.29. The highest BCUT2D eigenvalue weighted by atomic mass is 16.6. The summed E-state index contributed by atoms with van der Waals surface area (Å²) in [6.07, 6.45) is 2.40. The molecular weight excluding hydrogens is 232 g/mol. The highest BCUT2D eigenvalue weighted by Crippen LogP contribution is 2.42. The van der Waals surface area contributed by atoms with E-state index >= 15 is 0 Å². The number of nitrogens with two attached hydrogens (primary N) is 1. The summed E-state index contributed by atoms with van der Waals surface area (Å²) in [5, 5.41) is 2.96. The number of ether oxygens (including phenoxy) is 2. The van der Waals surface area contributed by atoms with Crippen LogP contribution in [0.4, 0.5) is 4.79 Å². The fourth-order valence-electron chi connectivity index (χ4n) is 2.29. The smallest absolute Gasteiger partial charge is 0.408 e. The minimum absolute atomic E-state index is 0.360. The van der Waals surface area contributed by atoms with Gasteiger partial charge in [0.15, 0.2) is 0 Å². The predicted octanol–water partition coefficient (Wildman–Crippen LogP) is 1.80. The molecule has 1 amide bonds. The van der Waals surface area contributed by atoms with Crippen molar-refractivity contribution in [2.24, 2.45) is 5.73 Å². The standard InChI is InChI=1S/C13H26N2O3/c1-11(2,3)18-10(16)15-13(7-6-8-13)12(4,9-14)17-5/h6-9,14H2,1-5H3,(H,15,16). The third-order valence-electron chi connectivity index (χ3n) is 3.80. The van der Waals surface area contributed by atoms with Crippen molar-refractivity contribution in [3.8, 4) is 0 Å². The summed E-state index contributed by atoms with van der Waals surface area (Å²) in [5.41, 5.74) is 4.34. The lowest BCUT2D eigenvalue weighted by atomic mass is 9.66. The van der Waals surface area contributed by atoms with Gasteiger partial charge in [-0.1, -0.05) is 0 Å². The van der Waals surface area contributed by atoms with Gasteiger partial charge >= 0.3 is 6.09 Å². The number of hydrogen-bond acceptors (Lipinski definition) is 4. The number of hydrogen-bond donors (Lipinski definition) is 2. The van der Waals surface area contributed by atoms with E-state index in [9.17, 15) is 4.79 Å². The molecule has 0 aromatic heterocycles. The van der Waals surface area contributed by atoms with Gasteiger partial charge in [-0.25, -0.2) is 4.79 Å². The highest BCUT2D eigenvalue weighted by Gasteiger charge is 2.53. The molecule has 106 valence electrons. The zero-order chi connectivity index (χ0) is 14.0. The van der Waals surface area contributed by atoms with E-state index in [2.05, 4.69) is 5.32 Å². The molecular formula is C13H26N2O3. The van der Waals surface area contributed by atoms with E-state index in [0.29, 0.717) is 6.54 Å². The second-order valence-corrected chi connectivity index (χ2v) is 6.20. The second kappa shape index (κ2) is 5.05. The number of alkyl carbamates (subject to hydrolysis) is 1. The molecule has 0 bridgehead atoms. The molecule has 1 rings (SSSR count). The van der Waals surface area contributed by atoms with Crippen molar-refractivity contribution in [1.82, 2.24) is 5.32 Å². The summed E-state index contributed by atoms with van der Waals surface area (Å²) in [5.74, 6) is 0. The van der Waals surface area contributed by atoms with Crippen molar-refractivity contribution in [3.05, 3.63) is 0 Å². The Labute approximate surface area is 109 Å². The van der Waals surface area contributed by atoms with Crippen LogP contribution in [0, 0.1) is 0 Å². The molecule has 3 N–H and O–H groups in total. The van der Waals surface area contributed by atoms with E-state index in [1.807, 2.05) is 27.7 Å². The molecule has 0 aromatic rings. The number of rotatable bonds is 4. The van der Waals surface area contributed by atoms with Gasteiger partial charge in [-0.05, 0) is 47.0 Å². The van der Waals surface area contributed by atoms with Crippen LogP contribution in [0.2, 0.25) is 0 Å². The van der Waals surface area contributed by atoms with Crippen molar-refractivity contribution in [2.75, 3.05) is 13.7 Å². The van der Waals surface area contributed by atoms with Crippen LogP contribution in [0.5, 0.6) is 0 Å². The number of carbonyl (C=O) groups excluding carboxylic acids is 1. The van der Waals surface area contributed by atoms with Gasteiger partial charge in [0.05, 0.1) is 5.54 Å². The summed E-state index contributed by atoms with van der Waals surface area (Å²) < 4.78 is 10.8. The lowest BCUT2D eigenvalue weighted by molar-refractivity contribution is -0.0978. The van der Waals surface area contributed by atoms with Crippen molar-refractivity contribution in [3.63, 3.8) is 0 Å². The minimum Gasteiger partial charge on any atom is -0.444 e. The van der Waals surface area contributed by atoms with Gasteiger partial charge in [0.2, 0.25) is 0 Å². The number of methoxy groups -OCH3 is 1. The summed E-state index contributed by atoms with van der Waals surface area (Å²) in [6.45, 7) is 7.83. The van der Waals surface area contributed by atoms with Crippen molar-refractivity contribution < 1.29 is 14.3 Å². The number of carbonyl (C=O) groups is 1. The van der Waals surface area contributed by atoms with Gasteiger partial charge in [-0.2, -0.15) is 0 Å². The summed E-state index contributed by atoms with van der Waals surface area (Å²) in [7, 11) is 1.63. The van der Waals surface area contributed by atoms with Crippen LogP contribution in [0.15, 0.2) is 0 Å². The molecule has 0 heterocycles. The van der Waals surface area contributed by atoms with Gasteiger partial charge < -0.3 is 20.5 Å². The van der Waals surface area contributed by atoms with E-state index in [1.165, 1.54) is 0 Å². The van der Waals surface area contributed by atoms with E-state index in [1.54, 1.807) is 7.11 Å². The average Bonchev–Trinajstić information content (AvgIpc) is 2.19. The fraction of sp³-hybridized carbons (Fsp3) is 0.923. The zero-order valence-corrected chi connectivity index (χ0v) is 12.1. The molecule has 1 aliphatic rings. The molecule has 18 heavy (non-hydrogen) atoms. The normalized spacial score (nSPS) is 21.7. The van der Waals surface area contributed by atoms with Crippen LogP contribution < -0.4 is 11.1 Å². The Morgan fingerprint density at radius 3 is 2.17 bits per heavy atom. The van der Waals surface area contributed by atoms with E-state index < -0.39 is 22.8 Å². The molecule has 1 unspecified atom stereocenters. The molecule has 0 spiro atoms. The van der Waals surface area contributed by atoms with Gasteiger partial charge in [0.25, 0.3) is 0 Å². The highest BCUT2D eigenvalue weighted by molar-refractivity contribution is 5.69. The molecule has 1 aliphatic carbocycles. The summed E-state index contributed by atoms with van der Waals surface area (Å²) in [4.78, 5) is 11.9. The largest absolute Gasteiger partial charge is 0.444 e. The quantitative estimate of drug-likeness (QED) is 0.806. The van der Waals surface area contributed by atoms with Crippen LogP contribution in [-0.4, -0.2) is 36.5 Å². The Hall–Kier alpha value is -0.810. The molecule has 0 radical (unpaired) electrons. The van der Waals surface area contributed by atoms with Crippen molar-refractivity contribution in [1.29, 1.82) is 0 Å². The average molecular weight is 258 g/mol. The number of nitrogens with one attached hydrogen (secondary N) is 1. The lowest BCUT2D eigenvalue weighted by Gasteiger charge is -2.53. The maximum atomic E-state index is 11.9. The molecule has 5 heteroatoms. The Kier molecular flexibility index (Phi) is 4.28. The van der Waals surface area contributed by atoms with Gasteiger partial charge in [0, 0.05) is 13.7 Å². The second-order valence-electron chi connectivity index (χ2n) is 6.20. The summed E-state index contributed by atoms with van der Waals surface area (Å²) >= 11 is 0. The van der Waals surface area contributed by atoms with Crippen LogP contribution in [0.25, 0.3) is 0 Å². The predicted molar refractivity (Wildman–Crippen MR) is 70.4 cm³/mol. The van der Waals surface area contributed by atoms with Crippen molar-refractivity contribution >= 4 is 6.09 Å². The molecule has 1 atom stereocenters. The van der Waals surface area contributed by atoms with Crippen LogP contribution >= 0.6 is 0 Å². The maximum Gasteiger partial charge on any atom is 0.408 e. The van der Waals surface area contributed by atoms with E-state index in [4.69, 9.17) is 15.2 Å². The SMILES string of the molecule is COC(C)(CN)C1(NC(=O)OC(C)(C)C)CCC1. The Morgan fingerprint density at radius 2 is 1.89 bits per heavy atom. The first-order chi connectivity index (χ1) is 8.18. The number of amides is 1. The maximum absolute atomic E-state index is 11.9. The van der Waals surface area contributed by atoms with Crippen molar-refractivity contribution in [2.45, 2.75) is 63.7 Å². The van der Waals surface area contributed by atoms with Gasteiger partial charge in [0.1, 0.15) is 11.2 Å². The third-order valence-corrected chi connectivity index (χ3v) is 3.80. The molecule has 1 fully saturated rings. The van der Waals surface area contributed by atoms with Gasteiger partial charge in [-0.15, -0.1) is 0 Å². The monoisotopic (exact) mass is 258 g/mol. The third kappa shape index (κ3) is 2.95. The Bertz CT molecular complexity index is 302. The minimum atomic E-state index is -0.553. The Balaban J connectivity index is 2.75. The molecule has 0 aliphatic heterocycles.